The molecular weight excluding hydrogens is 284 g/mol. The number of hydrogen-bond acceptors (Lipinski definition) is 2. The predicted octanol–water partition coefficient (Wildman–Crippen LogP) is 3.81. The van der Waals surface area contributed by atoms with Crippen LogP contribution < -0.4 is 10.6 Å². The Morgan fingerprint density at radius 2 is 1.67 bits per heavy atom. The van der Waals surface area contributed by atoms with Crippen LogP contribution in [0.15, 0.2) is 42.5 Å². The van der Waals surface area contributed by atoms with Crippen molar-refractivity contribution >= 4 is 34.7 Å². The second-order valence-corrected chi connectivity index (χ2v) is 5.17. The predicted molar refractivity (Wildman–Crippen MR) is 89.2 cm³/mol. The molecule has 0 aromatic heterocycles. The average Bonchev–Trinajstić information content (AvgIpc) is 2.43. The van der Waals surface area contributed by atoms with Gasteiger partial charge in [-0.3, -0.25) is 0 Å². The van der Waals surface area contributed by atoms with Crippen LogP contribution in [0.2, 0.25) is 0 Å². The number of aromatic carboxylic acids is 1. The number of hydrogen-bond donors (Lipinski definition) is 3. The van der Waals surface area contributed by atoms with Crippen LogP contribution in [0, 0.1) is 13.8 Å². The summed E-state index contributed by atoms with van der Waals surface area (Å²) in [6.07, 6.45) is 0. The van der Waals surface area contributed by atoms with Crippen molar-refractivity contribution in [2.75, 3.05) is 10.6 Å². The molecule has 0 saturated carbocycles. The van der Waals surface area contributed by atoms with Crippen molar-refractivity contribution in [2.45, 2.75) is 13.8 Å². The maximum Gasteiger partial charge on any atom is 0.335 e. The van der Waals surface area contributed by atoms with Gasteiger partial charge < -0.3 is 15.7 Å². The van der Waals surface area contributed by atoms with Crippen LogP contribution in [0.1, 0.15) is 21.5 Å². The molecule has 2 aromatic carbocycles. The van der Waals surface area contributed by atoms with E-state index in [-0.39, 0.29) is 5.56 Å². The Balaban J connectivity index is 2.06. The van der Waals surface area contributed by atoms with Crippen molar-refractivity contribution < 1.29 is 9.90 Å². The van der Waals surface area contributed by atoms with Gasteiger partial charge in [0, 0.05) is 11.4 Å². The van der Waals surface area contributed by atoms with Crippen molar-refractivity contribution in [1.29, 1.82) is 0 Å². The van der Waals surface area contributed by atoms with E-state index in [1.165, 1.54) is 23.3 Å². The Morgan fingerprint density at radius 3 is 2.29 bits per heavy atom. The highest BCUT2D eigenvalue weighted by Gasteiger charge is 2.05. The highest BCUT2D eigenvalue weighted by Crippen LogP contribution is 2.15. The molecule has 0 aliphatic carbocycles. The summed E-state index contributed by atoms with van der Waals surface area (Å²) >= 11 is 5.23. The monoisotopic (exact) mass is 300 g/mol. The van der Waals surface area contributed by atoms with Gasteiger partial charge in [0.05, 0.1) is 5.56 Å². The third-order valence-electron chi connectivity index (χ3n) is 3.13. The second kappa shape index (κ2) is 6.37. The maximum atomic E-state index is 10.9. The quantitative estimate of drug-likeness (QED) is 0.752. The first-order valence-electron chi connectivity index (χ1n) is 6.44. The topological polar surface area (TPSA) is 61.4 Å². The van der Waals surface area contributed by atoms with Crippen molar-refractivity contribution in [2.24, 2.45) is 0 Å². The molecule has 0 bridgehead atoms. The molecule has 0 aliphatic rings. The molecular formula is C16H16N2O2S. The smallest absolute Gasteiger partial charge is 0.335 e. The summed E-state index contributed by atoms with van der Waals surface area (Å²) in [5.74, 6) is -0.966. The van der Waals surface area contributed by atoms with Gasteiger partial charge in [0.15, 0.2) is 5.11 Å². The zero-order chi connectivity index (χ0) is 15.4. The molecule has 0 amide bonds. The standard InChI is InChI=1S/C16H16N2O2S/c1-10-6-7-14(8-11(10)2)18-16(21)17-13-5-3-4-12(9-13)15(19)20/h3-9H,1-2H3,(H,19,20)(H2,17,18,21). The lowest BCUT2D eigenvalue weighted by Gasteiger charge is -2.12. The van der Waals surface area contributed by atoms with Gasteiger partial charge in [0.2, 0.25) is 0 Å². The molecule has 2 aromatic rings. The Labute approximate surface area is 128 Å². The molecule has 4 nitrogen and oxygen atoms in total. The fourth-order valence-corrected chi connectivity index (χ4v) is 2.08. The number of aryl methyl sites for hydroxylation is 2. The van der Waals surface area contributed by atoms with Crippen LogP contribution >= 0.6 is 12.2 Å². The van der Waals surface area contributed by atoms with Crippen LogP contribution in [0.25, 0.3) is 0 Å². The molecule has 2 rings (SSSR count). The number of thiocarbonyl (C=S) groups is 1. The van der Waals surface area contributed by atoms with Crippen LogP contribution in [0.5, 0.6) is 0 Å². The first-order chi connectivity index (χ1) is 9.95. The van der Waals surface area contributed by atoms with Crippen LogP contribution in [-0.4, -0.2) is 16.2 Å². The van der Waals surface area contributed by atoms with Crippen molar-refractivity contribution in [3.63, 3.8) is 0 Å². The largest absolute Gasteiger partial charge is 0.478 e. The van der Waals surface area contributed by atoms with E-state index in [1.54, 1.807) is 12.1 Å². The Kier molecular flexibility index (Phi) is 4.55. The van der Waals surface area contributed by atoms with Gasteiger partial charge in [-0.15, -0.1) is 0 Å². The van der Waals surface area contributed by atoms with E-state index >= 15 is 0 Å². The Bertz CT molecular complexity index is 698. The van der Waals surface area contributed by atoms with Gasteiger partial charge in [-0.05, 0) is 67.5 Å². The number of nitrogens with one attached hydrogen (secondary N) is 2. The van der Waals surface area contributed by atoms with Gasteiger partial charge in [0.1, 0.15) is 0 Å². The third kappa shape index (κ3) is 4.03. The van der Waals surface area contributed by atoms with Gasteiger partial charge in [-0.25, -0.2) is 4.79 Å². The summed E-state index contributed by atoms with van der Waals surface area (Å²) in [6.45, 7) is 4.08. The maximum absolute atomic E-state index is 10.9. The van der Waals surface area contributed by atoms with Crippen LogP contribution in [0.4, 0.5) is 11.4 Å². The van der Waals surface area contributed by atoms with Crippen molar-refractivity contribution in [3.8, 4) is 0 Å². The van der Waals surface area contributed by atoms with Gasteiger partial charge in [-0.1, -0.05) is 12.1 Å². The van der Waals surface area contributed by atoms with Gasteiger partial charge in [-0.2, -0.15) is 0 Å². The van der Waals surface area contributed by atoms with E-state index < -0.39 is 5.97 Å². The fourth-order valence-electron chi connectivity index (χ4n) is 1.84. The summed E-state index contributed by atoms with van der Waals surface area (Å²) in [5.41, 5.74) is 4.14. The molecule has 0 radical (unpaired) electrons. The van der Waals surface area contributed by atoms with Crippen LogP contribution in [0.3, 0.4) is 0 Å². The third-order valence-corrected chi connectivity index (χ3v) is 3.34. The molecule has 0 saturated heterocycles. The van der Waals surface area contributed by atoms with E-state index in [1.807, 2.05) is 32.0 Å². The van der Waals surface area contributed by atoms with E-state index in [9.17, 15) is 4.79 Å². The van der Waals surface area contributed by atoms with E-state index in [0.717, 1.165) is 5.69 Å². The molecule has 3 N–H and O–H groups in total. The first kappa shape index (κ1) is 15.0. The highest BCUT2D eigenvalue weighted by atomic mass is 32.1. The summed E-state index contributed by atoms with van der Waals surface area (Å²) in [6, 6.07) is 12.5. The molecule has 108 valence electrons. The minimum Gasteiger partial charge on any atom is -0.478 e. The molecule has 21 heavy (non-hydrogen) atoms. The molecule has 0 aliphatic heterocycles. The van der Waals surface area contributed by atoms with Gasteiger partial charge in [0.25, 0.3) is 0 Å². The summed E-state index contributed by atoms with van der Waals surface area (Å²) < 4.78 is 0. The van der Waals surface area contributed by atoms with Gasteiger partial charge >= 0.3 is 5.97 Å². The molecule has 5 heteroatoms. The minimum atomic E-state index is -0.966. The first-order valence-corrected chi connectivity index (χ1v) is 6.85. The van der Waals surface area contributed by atoms with Crippen molar-refractivity contribution in [3.05, 3.63) is 59.2 Å². The summed E-state index contributed by atoms with van der Waals surface area (Å²) in [5, 5.41) is 15.4. The van der Waals surface area contributed by atoms with Crippen LogP contribution in [-0.2, 0) is 0 Å². The lowest BCUT2D eigenvalue weighted by Crippen LogP contribution is -2.19. The number of benzene rings is 2. The lowest BCUT2D eigenvalue weighted by molar-refractivity contribution is 0.0697. The molecule has 0 fully saturated rings. The van der Waals surface area contributed by atoms with E-state index in [0.29, 0.717) is 10.8 Å². The SMILES string of the molecule is Cc1ccc(NC(=S)Nc2cccc(C(=O)O)c2)cc1C. The highest BCUT2D eigenvalue weighted by molar-refractivity contribution is 7.80. The Morgan fingerprint density at radius 1 is 1.00 bits per heavy atom. The fraction of sp³-hybridized carbons (Fsp3) is 0.125. The summed E-state index contributed by atoms with van der Waals surface area (Å²) in [7, 11) is 0. The lowest BCUT2D eigenvalue weighted by atomic mass is 10.1. The number of anilines is 2. The normalized spacial score (nSPS) is 10.0. The average molecular weight is 300 g/mol. The Hall–Kier alpha value is -2.40. The minimum absolute atomic E-state index is 0.217. The number of carbonyl (C=O) groups is 1. The molecule has 0 spiro atoms. The molecule has 0 atom stereocenters. The second-order valence-electron chi connectivity index (χ2n) is 4.76. The number of rotatable bonds is 3. The van der Waals surface area contributed by atoms with Crippen molar-refractivity contribution in [1.82, 2.24) is 0 Å². The number of carboxylic acid groups (broad SMARTS) is 1. The molecule has 0 unspecified atom stereocenters. The van der Waals surface area contributed by atoms with E-state index in [4.69, 9.17) is 17.3 Å². The zero-order valence-electron chi connectivity index (χ0n) is 11.8. The van der Waals surface area contributed by atoms with E-state index in [2.05, 4.69) is 10.6 Å². The molecule has 0 heterocycles. The number of carboxylic acids is 1. The summed E-state index contributed by atoms with van der Waals surface area (Å²) in [4.78, 5) is 10.9. The zero-order valence-corrected chi connectivity index (χ0v) is 12.6.